The Morgan fingerprint density at radius 3 is 2.64 bits per heavy atom. The lowest BCUT2D eigenvalue weighted by Gasteiger charge is -2.35. The van der Waals surface area contributed by atoms with Crippen molar-refractivity contribution >= 4 is 5.84 Å². The van der Waals surface area contributed by atoms with E-state index in [1.807, 2.05) is 14.0 Å². The fraction of sp³-hybridized carbons (Fsp3) is 0.900. The van der Waals surface area contributed by atoms with Crippen LogP contribution in [0.3, 0.4) is 0 Å². The van der Waals surface area contributed by atoms with Crippen molar-refractivity contribution in [2.24, 2.45) is 17.6 Å². The molecule has 1 atom stereocenters. The molecule has 1 fully saturated rings. The minimum atomic E-state index is -0.0707. The summed E-state index contributed by atoms with van der Waals surface area (Å²) in [5.74, 6) is 1.02. The lowest BCUT2D eigenvalue weighted by atomic mass is 9.82. The van der Waals surface area contributed by atoms with E-state index < -0.39 is 0 Å². The van der Waals surface area contributed by atoms with Crippen molar-refractivity contribution in [2.45, 2.75) is 25.9 Å². The molecule has 1 aliphatic carbocycles. The molecule has 1 unspecified atom stereocenters. The van der Waals surface area contributed by atoms with Gasteiger partial charge in [0.15, 0.2) is 0 Å². The van der Waals surface area contributed by atoms with Crippen LogP contribution in [0.15, 0.2) is 0 Å². The number of aliphatic hydroxyl groups excluding tert-OH is 1. The summed E-state index contributed by atoms with van der Waals surface area (Å²) >= 11 is 0. The van der Waals surface area contributed by atoms with E-state index in [9.17, 15) is 0 Å². The second-order valence-electron chi connectivity index (χ2n) is 4.57. The normalized spacial score (nSPS) is 28.6. The van der Waals surface area contributed by atoms with Gasteiger partial charge in [0.25, 0.3) is 0 Å². The molecular weight excluding hydrogens is 178 g/mol. The van der Waals surface area contributed by atoms with Gasteiger partial charge in [-0.2, -0.15) is 0 Å². The molecule has 82 valence electrons. The minimum Gasteiger partial charge on any atom is -0.393 e. The first-order valence-electron chi connectivity index (χ1n) is 5.19. The van der Waals surface area contributed by atoms with Gasteiger partial charge in [-0.3, -0.25) is 5.41 Å². The highest BCUT2D eigenvalue weighted by Gasteiger charge is 2.28. The maximum atomic E-state index is 9.13. The van der Waals surface area contributed by atoms with E-state index in [0.717, 1.165) is 25.9 Å². The number of rotatable bonds is 5. The molecule has 14 heavy (non-hydrogen) atoms. The van der Waals surface area contributed by atoms with Gasteiger partial charge in [0.1, 0.15) is 0 Å². The summed E-state index contributed by atoms with van der Waals surface area (Å²) in [5, 5.41) is 16.4. The number of hydrogen-bond acceptors (Lipinski definition) is 3. The zero-order chi connectivity index (χ0) is 10.7. The van der Waals surface area contributed by atoms with Crippen LogP contribution in [0.1, 0.15) is 19.8 Å². The van der Waals surface area contributed by atoms with Crippen LogP contribution in [-0.2, 0) is 0 Å². The second-order valence-corrected chi connectivity index (χ2v) is 4.57. The maximum absolute atomic E-state index is 9.13. The van der Waals surface area contributed by atoms with Crippen molar-refractivity contribution in [1.82, 2.24) is 4.90 Å². The molecule has 0 aliphatic heterocycles. The predicted molar refractivity (Wildman–Crippen MR) is 57.3 cm³/mol. The van der Waals surface area contributed by atoms with Crippen LogP contribution >= 0.6 is 0 Å². The summed E-state index contributed by atoms with van der Waals surface area (Å²) in [7, 11) is 2.05. The Labute approximate surface area is 85.6 Å². The highest BCUT2D eigenvalue weighted by molar-refractivity contribution is 5.79. The van der Waals surface area contributed by atoms with Crippen LogP contribution in [0, 0.1) is 17.2 Å². The monoisotopic (exact) mass is 199 g/mol. The highest BCUT2D eigenvalue weighted by atomic mass is 16.3. The highest BCUT2D eigenvalue weighted by Crippen LogP contribution is 2.27. The summed E-state index contributed by atoms with van der Waals surface area (Å²) in [5.41, 5.74) is 5.40. The second kappa shape index (κ2) is 4.75. The summed E-state index contributed by atoms with van der Waals surface area (Å²) in [6, 6.07) is 0. The molecule has 0 aromatic heterocycles. The number of nitrogens with zero attached hydrogens (tertiary/aromatic N) is 1. The molecule has 0 spiro atoms. The molecule has 0 aromatic rings. The van der Waals surface area contributed by atoms with Gasteiger partial charge in [0.2, 0.25) is 0 Å². The summed E-state index contributed by atoms with van der Waals surface area (Å²) in [6.07, 6.45) is 1.79. The average molecular weight is 199 g/mol. The molecule has 0 aromatic carbocycles. The summed E-state index contributed by atoms with van der Waals surface area (Å²) in [6.45, 7) is 3.81. The maximum Gasteiger partial charge on any atom is 0.0947 e. The smallest absolute Gasteiger partial charge is 0.0947 e. The first kappa shape index (κ1) is 11.5. The number of nitrogens with one attached hydrogen (secondary N) is 1. The van der Waals surface area contributed by atoms with Crippen molar-refractivity contribution in [1.29, 1.82) is 5.41 Å². The average Bonchev–Trinajstić information content (AvgIpc) is 2.01. The number of aliphatic hydroxyl groups is 1. The predicted octanol–water partition coefficient (Wildman–Crippen LogP) is 0.261. The van der Waals surface area contributed by atoms with Crippen molar-refractivity contribution in [2.75, 3.05) is 20.1 Å². The molecule has 0 heterocycles. The van der Waals surface area contributed by atoms with E-state index in [0.29, 0.717) is 5.92 Å². The Hall–Kier alpha value is -0.610. The lowest BCUT2D eigenvalue weighted by molar-refractivity contribution is 0.0276. The Bertz CT molecular complexity index is 202. The number of hydrogen-bond donors (Lipinski definition) is 3. The summed E-state index contributed by atoms with van der Waals surface area (Å²) < 4.78 is 0. The van der Waals surface area contributed by atoms with Crippen molar-refractivity contribution in [3.63, 3.8) is 0 Å². The SMILES string of the molecule is CC(CN(C)CC1CC(O)C1)C(=N)N. The standard InChI is InChI=1S/C10H21N3O/c1-7(10(11)12)5-13(2)6-8-3-9(14)4-8/h7-9,14H,3-6H2,1-2H3,(H3,11,12). The molecule has 0 radical (unpaired) electrons. The number of nitrogens with two attached hydrogens (primary N) is 1. The lowest BCUT2D eigenvalue weighted by Crippen LogP contribution is -2.40. The van der Waals surface area contributed by atoms with Crippen LogP contribution in [0.25, 0.3) is 0 Å². The van der Waals surface area contributed by atoms with Crippen molar-refractivity contribution in [3.05, 3.63) is 0 Å². The first-order valence-corrected chi connectivity index (χ1v) is 5.19. The van der Waals surface area contributed by atoms with Gasteiger partial charge >= 0.3 is 0 Å². The molecule has 0 saturated heterocycles. The minimum absolute atomic E-state index is 0.0707. The topological polar surface area (TPSA) is 73.3 Å². The van der Waals surface area contributed by atoms with Gasteiger partial charge in [0, 0.05) is 19.0 Å². The summed E-state index contributed by atoms with van der Waals surface area (Å²) in [4.78, 5) is 2.20. The molecule has 1 rings (SSSR count). The molecular formula is C10H21N3O. The van der Waals surface area contributed by atoms with Gasteiger partial charge in [-0.05, 0) is 25.8 Å². The molecule has 4 N–H and O–H groups in total. The number of amidine groups is 1. The van der Waals surface area contributed by atoms with Crippen LogP contribution in [-0.4, -0.2) is 42.1 Å². The van der Waals surface area contributed by atoms with E-state index in [1.165, 1.54) is 0 Å². The largest absolute Gasteiger partial charge is 0.393 e. The van der Waals surface area contributed by atoms with E-state index in [2.05, 4.69) is 4.90 Å². The Kier molecular flexibility index (Phi) is 3.89. The van der Waals surface area contributed by atoms with Gasteiger partial charge in [-0.1, -0.05) is 6.92 Å². The van der Waals surface area contributed by atoms with Gasteiger partial charge in [-0.25, -0.2) is 0 Å². The zero-order valence-corrected chi connectivity index (χ0v) is 9.03. The van der Waals surface area contributed by atoms with Gasteiger partial charge in [-0.15, -0.1) is 0 Å². The zero-order valence-electron chi connectivity index (χ0n) is 9.03. The molecule has 4 heteroatoms. The van der Waals surface area contributed by atoms with E-state index in [-0.39, 0.29) is 17.9 Å². The third-order valence-corrected chi connectivity index (χ3v) is 2.90. The van der Waals surface area contributed by atoms with Crippen LogP contribution < -0.4 is 5.73 Å². The fourth-order valence-electron chi connectivity index (χ4n) is 1.93. The van der Waals surface area contributed by atoms with Crippen LogP contribution in [0.5, 0.6) is 0 Å². The van der Waals surface area contributed by atoms with E-state index in [1.54, 1.807) is 0 Å². The van der Waals surface area contributed by atoms with Crippen molar-refractivity contribution in [3.8, 4) is 0 Å². The molecule has 4 nitrogen and oxygen atoms in total. The molecule has 1 aliphatic rings. The van der Waals surface area contributed by atoms with Crippen LogP contribution in [0.4, 0.5) is 0 Å². The quantitative estimate of drug-likeness (QED) is 0.439. The fourth-order valence-corrected chi connectivity index (χ4v) is 1.93. The third kappa shape index (κ3) is 3.27. The van der Waals surface area contributed by atoms with Gasteiger partial charge in [0.05, 0.1) is 11.9 Å². The molecule has 1 saturated carbocycles. The van der Waals surface area contributed by atoms with Crippen molar-refractivity contribution < 1.29 is 5.11 Å². The Morgan fingerprint density at radius 1 is 1.64 bits per heavy atom. The Morgan fingerprint density at radius 2 is 2.21 bits per heavy atom. The molecule has 0 amide bonds. The molecule has 0 bridgehead atoms. The van der Waals surface area contributed by atoms with E-state index in [4.69, 9.17) is 16.2 Å². The van der Waals surface area contributed by atoms with Crippen LogP contribution in [0.2, 0.25) is 0 Å². The first-order chi connectivity index (χ1) is 6.49. The third-order valence-electron chi connectivity index (χ3n) is 2.90. The van der Waals surface area contributed by atoms with Gasteiger partial charge < -0.3 is 15.7 Å². The van der Waals surface area contributed by atoms with E-state index >= 15 is 0 Å². The Balaban J connectivity index is 2.15.